The van der Waals surface area contributed by atoms with Crippen LogP contribution in [0.5, 0.6) is 0 Å². The maximum absolute atomic E-state index is 12.9. The molecule has 10 heteroatoms. The Labute approximate surface area is 568 Å². The normalized spacial score (nSPS) is 13.8. The first-order chi connectivity index (χ1) is 45.0. The molecule has 0 aliphatic heterocycles. The minimum absolute atomic E-state index is 0.0222. The third-order valence-electron chi connectivity index (χ3n) is 16.2. The van der Waals surface area contributed by atoms with Crippen LogP contribution in [-0.2, 0) is 32.7 Å². The standard InChI is InChI=1S/C82H142NO8P/c1-6-8-10-12-14-16-18-20-22-24-26-28-30-32-34-36-38-40-41-43-44-46-48-50-52-54-56-58-60-62-64-66-68-70-72-74-81(84)88-78-80(79-90-92(86,87)89-77-76-83(3,4)5)91-82(85)75-73-71-69-67-65-63-61-59-57-55-53-51-49-47-45-42-39-37-35-33-31-29-27-25-23-21-19-17-15-13-11-9-7-2/h9,11,15,17-18,20-21,23-24,26-27,29,33,35,39,42,47,49,53,55,59,61,80H,6-8,10,12-14,16,19,22,25,28,30-32,34,36-38,40-41,43-46,48,50-52,54,56-58,60,62-79H2,1-5H3/p+1/b11-9-,17-15-,20-18-,23-21-,26-24-,29-27-,35-33-,42-39-,49-47-,55-53-,61-59-. The predicted molar refractivity (Wildman–Crippen MR) is 399 cm³/mol. The summed E-state index contributed by atoms with van der Waals surface area (Å²) in [6, 6.07) is 0. The summed E-state index contributed by atoms with van der Waals surface area (Å²) in [5.41, 5.74) is 0. The molecule has 0 aliphatic rings. The fraction of sp³-hybridized carbons (Fsp3) is 0.707. The van der Waals surface area contributed by atoms with Gasteiger partial charge in [-0.25, -0.2) is 4.57 Å². The third-order valence-corrected chi connectivity index (χ3v) is 17.1. The molecule has 528 valence electrons. The van der Waals surface area contributed by atoms with E-state index in [4.69, 9.17) is 18.5 Å². The molecule has 0 heterocycles. The molecule has 2 unspecified atom stereocenters. The van der Waals surface area contributed by atoms with E-state index in [9.17, 15) is 19.0 Å². The highest BCUT2D eigenvalue weighted by atomic mass is 31.2. The molecular weight excluding hydrogens is 1160 g/mol. The molecule has 0 aliphatic carbocycles. The van der Waals surface area contributed by atoms with E-state index >= 15 is 0 Å². The molecule has 2 atom stereocenters. The number of hydrogen-bond donors (Lipinski definition) is 1. The number of likely N-dealkylation sites (N-methyl/N-ethyl adjacent to an activating group) is 1. The van der Waals surface area contributed by atoms with Crippen molar-refractivity contribution in [1.82, 2.24) is 0 Å². The SMILES string of the molecule is CC/C=C\C/C=C\C/C=C\C/C=C\C/C=C\C/C=C\C/C=C\C/C=C\C/C=C\CCCCCCCC(=O)OC(COC(=O)CCCCCCCCCCCCCCCCCCCCCCCCC/C=C\C/C=C\CCCCCCC)COP(=O)(O)OCC[N+](C)(C)C. The maximum Gasteiger partial charge on any atom is 0.472 e. The van der Waals surface area contributed by atoms with Crippen LogP contribution in [0, 0.1) is 0 Å². The van der Waals surface area contributed by atoms with Gasteiger partial charge < -0.3 is 18.9 Å². The molecule has 0 saturated carbocycles. The summed E-state index contributed by atoms with van der Waals surface area (Å²) < 4.78 is 34.7. The monoisotopic (exact) mass is 1300 g/mol. The fourth-order valence-corrected chi connectivity index (χ4v) is 11.1. The molecule has 0 saturated heterocycles. The maximum atomic E-state index is 12.9. The summed E-state index contributed by atoms with van der Waals surface area (Å²) >= 11 is 0. The molecule has 0 spiro atoms. The van der Waals surface area contributed by atoms with E-state index in [1.807, 2.05) is 21.1 Å². The number of hydrogen-bond acceptors (Lipinski definition) is 7. The highest BCUT2D eigenvalue weighted by Crippen LogP contribution is 2.43. The zero-order valence-electron chi connectivity index (χ0n) is 60.2. The second-order valence-corrected chi connectivity index (χ2v) is 27.8. The summed E-state index contributed by atoms with van der Waals surface area (Å²) in [6.45, 7) is 4.31. The number of quaternary nitrogens is 1. The van der Waals surface area contributed by atoms with Crippen molar-refractivity contribution in [2.75, 3.05) is 47.5 Å². The summed E-state index contributed by atoms with van der Waals surface area (Å²) in [5, 5.41) is 0. The van der Waals surface area contributed by atoms with Gasteiger partial charge in [-0.15, -0.1) is 0 Å². The molecule has 0 bridgehead atoms. The first-order valence-electron chi connectivity index (χ1n) is 37.9. The summed E-state index contributed by atoms with van der Waals surface area (Å²) in [5.74, 6) is -0.816. The number of unbranched alkanes of at least 4 members (excludes halogenated alkanes) is 33. The van der Waals surface area contributed by atoms with Crippen LogP contribution in [0.2, 0.25) is 0 Å². The molecule has 0 aromatic rings. The van der Waals surface area contributed by atoms with E-state index in [-0.39, 0.29) is 32.0 Å². The van der Waals surface area contributed by atoms with Crippen LogP contribution in [0.1, 0.15) is 322 Å². The van der Waals surface area contributed by atoms with Crippen LogP contribution < -0.4 is 0 Å². The highest BCUT2D eigenvalue weighted by Gasteiger charge is 2.27. The van der Waals surface area contributed by atoms with E-state index < -0.39 is 26.5 Å². The Bertz CT molecular complexity index is 2020. The second kappa shape index (κ2) is 71.4. The second-order valence-electron chi connectivity index (χ2n) is 26.3. The highest BCUT2D eigenvalue weighted by molar-refractivity contribution is 7.47. The van der Waals surface area contributed by atoms with Crippen molar-refractivity contribution in [1.29, 1.82) is 0 Å². The van der Waals surface area contributed by atoms with Crippen molar-refractivity contribution in [3.05, 3.63) is 134 Å². The van der Waals surface area contributed by atoms with Crippen LogP contribution in [0.15, 0.2) is 134 Å². The Morgan fingerprint density at radius 2 is 0.620 bits per heavy atom. The molecule has 0 radical (unpaired) electrons. The topological polar surface area (TPSA) is 108 Å². The van der Waals surface area contributed by atoms with Gasteiger partial charge in [-0.1, -0.05) is 327 Å². The Morgan fingerprint density at radius 3 is 0.924 bits per heavy atom. The van der Waals surface area contributed by atoms with Gasteiger partial charge in [0.15, 0.2) is 6.10 Å². The number of nitrogens with zero attached hydrogens (tertiary/aromatic N) is 1. The average Bonchev–Trinajstić information content (AvgIpc) is 2.23. The molecule has 0 amide bonds. The fourth-order valence-electron chi connectivity index (χ4n) is 10.4. The molecule has 92 heavy (non-hydrogen) atoms. The van der Waals surface area contributed by atoms with Crippen LogP contribution in [-0.4, -0.2) is 74.9 Å². The van der Waals surface area contributed by atoms with Crippen molar-refractivity contribution in [2.24, 2.45) is 0 Å². The Morgan fingerprint density at radius 1 is 0.348 bits per heavy atom. The first kappa shape index (κ1) is 88.2. The number of esters is 2. The molecule has 0 rings (SSSR count). The molecule has 0 fully saturated rings. The number of phosphoric ester groups is 1. The van der Waals surface area contributed by atoms with Gasteiger partial charge in [0.1, 0.15) is 19.8 Å². The molecular formula is C82H143NO8P+. The quantitative estimate of drug-likeness (QED) is 0.0211. The van der Waals surface area contributed by atoms with Crippen LogP contribution in [0.25, 0.3) is 0 Å². The van der Waals surface area contributed by atoms with Crippen LogP contribution >= 0.6 is 7.82 Å². The van der Waals surface area contributed by atoms with Gasteiger partial charge in [0.25, 0.3) is 0 Å². The van der Waals surface area contributed by atoms with Gasteiger partial charge in [0.05, 0.1) is 27.7 Å². The van der Waals surface area contributed by atoms with Gasteiger partial charge >= 0.3 is 19.8 Å². The number of phosphoric acid groups is 1. The van der Waals surface area contributed by atoms with E-state index in [1.165, 1.54) is 173 Å². The van der Waals surface area contributed by atoms with E-state index in [1.54, 1.807) is 0 Å². The number of ether oxygens (including phenoxy) is 2. The van der Waals surface area contributed by atoms with Crippen molar-refractivity contribution in [3.63, 3.8) is 0 Å². The Balaban J connectivity index is 4.06. The minimum atomic E-state index is -4.41. The number of allylic oxidation sites excluding steroid dienone is 22. The summed E-state index contributed by atoms with van der Waals surface area (Å²) in [7, 11) is 1.46. The van der Waals surface area contributed by atoms with Crippen molar-refractivity contribution in [3.8, 4) is 0 Å². The van der Waals surface area contributed by atoms with E-state index in [0.29, 0.717) is 17.4 Å². The van der Waals surface area contributed by atoms with Gasteiger partial charge in [-0.3, -0.25) is 18.6 Å². The lowest BCUT2D eigenvalue weighted by molar-refractivity contribution is -0.870. The Kier molecular flexibility index (Phi) is 68.5. The first-order valence-corrected chi connectivity index (χ1v) is 39.4. The number of carbonyl (C=O) groups is 2. The zero-order chi connectivity index (χ0) is 66.9. The lowest BCUT2D eigenvalue weighted by Crippen LogP contribution is -2.37. The summed E-state index contributed by atoms with van der Waals surface area (Å²) in [6.07, 6.45) is 104. The third kappa shape index (κ3) is 75.2. The summed E-state index contributed by atoms with van der Waals surface area (Å²) in [4.78, 5) is 35.9. The Hall–Kier alpha value is -3.85. The van der Waals surface area contributed by atoms with E-state index in [0.717, 1.165) is 116 Å². The number of carbonyl (C=O) groups excluding carboxylic acids is 2. The lowest BCUT2D eigenvalue weighted by atomic mass is 10.0. The van der Waals surface area contributed by atoms with Gasteiger partial charge in [-0.05, 0) is 116 Å². The van der Waals surface area contributed by atoms with Crippen molar-refractivity contribution >= 4 is 19.8 Å². The van der Waals surface area contributed by atoms with Gasteiger partial charge in [0, 0.05) is 12.8 Å². The van der Waals surface area contributed by atoms with Gasteiger partial charge in [-0.2, -0.15) is 0 Å². The van der Waals surface area contributed by atoms with Gasteiger partial charge in [0.2, 0.25) is 0 Å². The lowest BCUT2D eigenvalue weighted by Gasteiger charge is -2.24. The molecule has 0 aromatic carbocycles. The van der Waals surface area contributed by atoms with Crippen molar-refractivity contribution in [2.45, 2.75) is 328 Å². The smallest absolute Gasteiger partial charge is 0.462 e. The average molecular weight is 1300 g/mol. The van der Waals surface area contributed by atoms with Crippen LogP contribution in [0.4, 0.5) is 0 Å². The van der Waals surface area contributed by atoms with E-state index in [2.05, 4.69) is 148 Å². The minimum Gasteiger partial charge on any atom is -0.462 e. The zero-order valence-corrected chi connectivity index (χ0v) is 61.1. The molecule has 1 N–H and O–H groups in total. The number of rotatable bonds is 69. The molecule has 9 nitrogen and oxygen atoms in total. The largest absolute Gasteiger partial charge is 0.472 e. The molecule has 0 aromatic heterocycles. The van der Waals surface area contributed by atoms with Crippen LogP contribution in [0.3, 0.4) is 0 Å². The predicted octanol–water partition coefficient (Wildman–Crippen LogP) is 25.2. The van der Waals surface area contributed by atoms with Crippen molar-refractivity contribution < 1.29 is 42.1 Å².